The lowest BCUT2D eigenvalue weighted by Gasteiger charge is -2.44. The minimum atomic E-state index is 0.200. The van der Waals surface area contributed by atoms with Crippen LogP contribution in [0.5, 0.6) is 0 Å². The fourth-order valence-corrected chi connectivity index (χ4v) is 4.65. The zero-order chi connectivity index (χ0) is 15.5. The Kier molecular flexibility index (Phi) is 5.75. The van der Waals surface area contributed by atoms with E-state index in [1.165, 1.54) is 17.9 Å². The van der Waals surface area contributed by atoms with Crippen LogP contribution in [-0.2, 0) is 0 Å². The molecular weight excluding hydrogens is 276 g/mol. The molecule has 0 aromatic heterocycles. The van der Waals surface area contributed by atoms with Gasteiger partial charge >= 0.3 is 0 Å². The summed E-state index contributed by atoms with van der Waals surface area (Å²) < 4.78 is 0. The summed E-state index contributed by atoms with van der Waals surface area (Å²) in [7, 11) is 2.08. The van der Waals surface area contributed by atoms with Crippen molar-refractivity contribution >= 4 is 11.8 Å². The van der Waals surface area contributed by atoms with Crippen LogP contribution in [0.4, 0.5) is 0 Å². The Morgan fingerprint density at radius 2 is 1.95 bits per heavy atom. The summed E-state index contributed by atoms with van der Waals surface area (Å²) in [4.78, 5) is 2.68. The molecule has 1 aliphatic heterocycles. The number of nitrogens with zero attached hydrogens (tertiary/aromatic N) is 1. The Morgan fingerprint density at radius 3 is 2.57 bits per heavy atom. The average molecular weight is 307 g/mol. The Bertz CT molecular complexity index is 432. The molecule has 1 aliphatic rings. The van der Waals surface area contributed by atoms with Gasteiger partial charge in [-0.2, -0.15) is 11.8 Å². The van der Waals surface area contributed by atoms with E-state index in [9.17, 15) is 0 Å². The molecule has 3 heteroatoms. The van der Waals surface area contributed by atoms with Crippen LogP contribution < -0.4 is 5.32 Å². The second-order valence-corrected chi connectivity index (χ2v) is 8.39. The van der Waals surface area contributed by atoms with Crippen LogP contribution in [-0.4, -0.2) is 42.1 Å². The highest BCUT2D eigenvalue weighted by atomic mass is 32.2. The molecule has 2 nitrogen and oxygen atoms in total. The first-order valence-corrected chi connectivity index (χ1v) is 9.08. The van der Waals surface area contributed by atoms with Gasteiger partial charge in [0.2, 0.25) is 0 Å². The monoisotopic (exact) mass is 306 g/mol. The first-order chi connectivity index (χ1) is 9.95. The summed E-state index contributed by atoms with van der Waals surface area (Å²) in [6, 6.07) is 11.9. The molecule has 0 spiro atoms. The molecule has 1 heterocycles. The SMILES string of the molecule is CNC(c1ccccc1)C(C)(C)CN1CCSC(C)C1C. The molecule has 21 heavy (non-hydrogen) atoms. The molecule has 0 radical (unpaired) electrons. The summed E-state index contributed by atoms with van der Waals surface area (Å²) in [5.74, 6) is 1.26. The van der Waals surface area contributed by atoms with Crippen LogP contribution >= 0.6 is 11.8 Å². The third kappa shape index (κ3) is 4.02. The van der Waals surface area contributed by atoms with Gasteiger partial charge in [0.05, 0.1) is 0 Å². The van der Waals surface area contributed by atoms with Gasteiger partial charge in [0.15, 0.2) is 0 Å². The standard InChI is InChI=1S/C18H30N2S/c1-14-15(2)21-12-11-20(14)13-18(3,4)17(19-5)16-9-7-6-8-10-16/h6-10,14-15,17,19H,11-13H2,1-5H3. The topological polar surface area (TPSA) is 15.3 Å². The largest absolute Gasteiger partial charge is 0.313 e. The minimum Gasteiger partial charge on any atom is -0.313 e. The second kappa shape index (κ2) is 7.17. The van der Waals surface area contributed by atoms with Gasteiger partial charge in [-0.3, -0.25) is 4.90 Å². The fourth-order valence-electron chi connectivity index (χ4n) is 3.49. The predicted molar refractivity (Wildman–Crippen MR) is 95.0 cm³/mol. The maximum atomic E-state index is 3.54. The molecule has 0 amide bonds. The third-order valence-electron chi connectivity index (χ3n) is 4.83. The van der Waals surface area contributed by atoms with E-state index in [-0.39, 0.29) is 5.41 Å². The first-order valence-electron chi connectivity index (χ1n) is 8.03. The Morgan fingerprint density at radius 1 is 1.29 bits per heavy atom. The number of hydrogen-bond acceptors (Lipinski definition) is 3. The maximum Gasteiger partial charge on any atom is 0.0381 e. The lowest BCUT2D eigenvalue weighted by molar-refractivity contribution is 0.111. The lowest BCUT2D eigenvalue weighted by Crippen LogP contribution is -2.50. The van der Waals surface area contributed by atoms with E-state index in [2.05, 4.69) is 87.1 Å². The minimum absolute atomic E-state index is 0.200. The molecule has 0 aliphatic carbocycles. The van der Waals surface area contributed by atoms with Crippen molar-refractivity contribution in [2.45, 2.75) is 45.0 Å². The summed E-state index contributed by atoms with van der Waals surface area (Å²) in [5, 5.41) is 4.28. The number of benzene rings is 1. The van der Waals surface area contributed by atoms with Gasteiger partial charge in [0.1, 0.15) is 0 Å². The Labute approximate surface area is 134 Å². The number of rotatable bonds is 5. The molecule has 0 saturated carbocycles. The van der Waals surface area contributed by atoms with E-state index in [1.54, 1.807) is 0 Å². The van der Waals surface area contributed by atoms with Gasteiger partial charge in [-0.05, 0) is 24.9 Å². The van der Waals surface area contributed by atoms with E-state index < -0.39 is 0 Å². The van der Waals surface area contributed by atoms with Crippen molar-refractivity contribution in [3.05, 3.63) is 35.9 Å². The van der Waals surface area contributed by atoms with Crippen LogP contribution in [0.3, 0.4) is 0 Å². The van der Waals surface area contributed by atoms with Crippen LogP contribution in [0.25, 0.3) is 0 Å². The zero-order valence-electron chi connectivity index (χ0n) is 14.1. The van der Waals surface area contributed by atoms with Crippen molar-refractivity contribution < 1.29 is 0 Å². The smallest absolute Gasteiger partial charge is 0.0381 e. The van der Waals surface area contributed by atoms with Crippen molar-refractivity contribution in [2.24, 2.45) is 5.41 Å². The summed E-state index contributed by atoms with van der Waals surface area (Å²) in [6.07, 6.45) is 0. The van der Waals surface area contributed by atoms with Crippen LogP contribution in [0, 0.1) is 5.41 Å². The second-order valence-electron chi connectivity index (χ2n) is 6.91. The molecule has 1 saturated heterocycles. The quantitative estimate of drug-likeness (QED) is 0.891. The number of hydrogen-bond donors (Lipinski definition) is 1. The van der Waals surface area contributed by atoms with E-state index in [1.807, 2.05) is 0 Å². The summed E-state index contributed by atoms with van der Waals surface area (Å²) in [5.41, 5.74) is 1.59. The predicted octanol–water partition coefficient (Wildman–Crippen LogP) is 3.80. The summed E-state index contributed by atoms with van der Waals surface area (Å²) >= 11 is 2.11. The average Bonchev–Trinajstić information content (AvgIpc) is 2.45. The molecule has 2 rings (SSSR count). The van der Waals surface area contributed by atoms with E-state index >= 15 is 0 Å². The van der Waals surface area contributed by atoms with Crippen molar-refractivity contribution in [3.63, 3.8) is 0 Å². The molecule has 1 aromatic rings. The van der Waals surface area contributed by atoms with Gasteiger partial charge in [-0.1, -0.05) is 51.1 Å². The molecule has 1 aromatic carbocycles. The molecule has 1 N–H and O–H groups in total. The van der Waals surface area contributed by atoms with Gasteiger partial charge in [0, 0.05) is 36.2 Å². The lowest BCUT2D eigenvalue weighted by atomic mass is 9.79. The molecule has 3 atom stereocenters. The van der Waals surface area contributed by atoms with Crippen molar-refractivity contribution in [1.29, 1.82) is 0 Å². The summed E-state index contributed by atoms with van der Waals surface area (Å²) in [6.45, 7) is 11.9. The van der Waals surface area contributed by atoms with Crippen LogP contribution in [0.1, 0.15) is 39.3 Å². The van der Waals surface area contributed by atoms with Gasteiger partial charge in [0.25, 0.3) is 0 Å². The molecule has 3 unspecified atom stereocenters. The normalized spacial score (nSPS) is 25.8. The van der Waals surface area contributed by atoms with E-state index in [4.69, 9.17) is 0 Å². The van der Waals surface area contributed by atoms with Crippen LogP contribution in [0.2, 0.25) is 0 Å². The van der Waals surface area contributed by atoms with Crippen molar-refractivity contribution in [3.8, 4) is 0 Å². The van der Waals surface area contributed by atoms with Gasteiger partial charge < -0.3 is 5.32 Å². The fraction of sp³-hybridized carbons (Fsp3) is 0.667. The highest BCUT2D eigenvalue weighted by Crippen LogP contribution is 2.36. The molecular formula is C18H30N2S. The highest BCUT2D eigenvalue weighted by molar-refractivity contribution is 8.00. The van der Waals surface area contributed by atoms with Crippen molar-refractivity contribution in [1.82, 2.24) is 10.2 Å². The Hall–Kier alpha value is -0.510. The highest BCUT2D eigenvalue weighted by Gasteiger charge is 2.35. The maximum absolute atomic E-state index is 3.54. The van der Waals surface area contributed by atoms with Crippen LogP contribution in [0.15, 0.2) is 30.3 Å². The van der Waals surface area contributed by atoms with E-state index in [0.29, 0.717) is 12.1 Å². The molecule has 0 bridgehead atoms. The molecule has 118 valence electrons. The molecule has 1 fully saturated rings. The van der Waals surface area contributed by atoms with Crippen molar-refractivity contribution in [2.75, 3.05) is 25.9 Å². The zero-order valence-corrected chi connectivity index (χ0v) is 14.9. The number of thioether (sulfide) groups is 1. The number of nitrogens with one attached hydrogen (secondary N) is 1. The van der Waals surface area contributed by atoms with E-state index in [0.717, 1.165) is 11.8 Å². The first kappa shape index (κ1) is 16.9. The van der Waals surface area contributed by atoms with Gasteiger partial charge in [-0.25, -0.2) is 0 Å². The Balaban J connectivity index is 2.12. The third-order valence-corrected chi connectivity index (χ3v) is 6.17. The van der Waals surface area contributed by atoms with Gasteiger partial charge in [-0.15, -0.1) is 0 Å².